The SMILES string of the molecule is CC(C)C1CCC(CN)(C2(O)CCS(=O)(=O)C2)CC1. The van der Waals surface area contributed by atoms with E-state index in [0.717, 1.165) is 25.7 Å². The zero-order chi connectivity index (χ0) is 14.3. The highest BCUT2D eigenvalue weighted by Gasteiger charge is 2.55. The van der Waals surface area contributed by atoms with Crippen LogP contribution in [-0.2, 0) is 9.84 Å². The number of nitrogens with two attached hydrogens (primary N) is 1. The van der Waals surface area contributed by atoms with Gasteiger partial charge in [0.2, 0.25) is 0 Å². The van der Waals surface area contributed by atoms with E-state index < -0.39 is 15.4 Å². The van der Waals surface area contributed by atoms with Crippen LogP contribution in [-0.4, -0.2) is 37.2 Å². The molecule has 0 aromatic heterocycles. The normalized spacial score (nSPS) is 42.7. The molecule has 1 saturated carbocycles. The van der Waals surface area contributed by atoms with Gasteiger partial charge in [0.1, 0.15) is 0 Å². The van der Waals surface area contributed by atoms with Crippen molar-refractivity contribution in [2.24, 2.45) is 23.0 Å². The van der Waals surface area contributed by atoms with Crippen LogP contribution >= 0.6 is 0 Å². The third-order valence-electron chi connectivity index (χ3n) is 5.59. The van der Waals surface area contributed by atoms with Gasteiger partial charge in [-0.2, -0.15) is 0 Å². The van der Waals surface area contributed by atoms with E-state index in [0.29, 0.717) is 24.8 Å². The van der Waals surface area contributed by atoms with E-state index in [2.05, 4.69) is 13.8 Å². The van der Waals surface area contributed by atoms with Crippen molar-refractivity contribution in [3.8, 4) is 0 Å². The van der Waals surface area contributed by atoms with Gasteiger partial charge in [0, 0.05) is 12.0 Å². The molecule has 1 heterocycles. The molecule has 112 valence electrons. The van der Waals surface area contributed by atoms with Crippen LogP contribution < -0.4 is 5.73 Å². The van der Waals surface area contributed by atoms with Gasteiger partial charge in [0.25, 0.3) is 0 Å². The molecule has 1 atom stereocenters. The second-order valence-corrected chi connectivity index (χ2v) is 9.12. The molecular weight excluding hydrogens is 262 g/mol. The standard InChI is InChI=1S/C14H27NO3S/c1-11(2)12-3-5-13(9-15,6-4-12)14(16)7-8-19(17,18)10-14/h11-12,16H,3-10,15H2,1-2H3. The van der Waals surface area contributed by atoms with Crippen molar-refractivity contribution in [3.05, 3.63) is 0 Å². The smallest absolute Gasteiger partial charge is 0.153 e. The van der Waals surface area contributed by atoms with Crippen molar-refractivity contribution >= 4 is 9.84 Å². The fraction of sp³-hybridized carbons (Fsp3) is 1.00. The Balaban J connectivity index is 2.17. The molecule has 0 aromatic carbocycles. The van der Waals surface area contributed by atoms with Gasteiger partial charge in [-0.25, -0.2) is 8.42 Å². The van der Waals surface area contributed by atoms with E-state index in [9.17, 15) is 13.5 Å². The number of sulfone groups is 1. The van der Waals surface area contributed by atoms with E-state index in [4.69, 9.17) is 5.73 Å². The summed E-state index contributed by atoms with van der Waals surface area (Å²) in [6.45, 7) is 4.85. The molecule has 2 fully saturated rings. The minimum Gasteiger partial charge on any atom is -0.388 e. The molecule has 0 bridgehead atoms. The summed E-state index contributed by atoms with van der Waals surface area (Å²) in [6.07, 6.45) is 4.18. The van der Waals surface area contributed by atoms with Gasteiger partial charge >= 0.3 is 0 Å². The van der Waals surface area contributed by atoms with Gasteiger partial charge in [0.05, 0.1) is 17.1 Å². The van der Waals surface area contributed by atoms with Crippen LogP contribution in [0, 0.1) is 17.3 Å². The third-order valence-corrected chi connectivity index (χ3v) is 7.34. The Labute approximate surface area is 116 Å². The molecule has 1 saturated heterocycles. The monoisotopic (exact) mass is 289 g/mol. The summed E-state index contributed by atoms with van der Waals surface area (Å²) >= 11 is 0. The van der Waals surface area contributed by atoms with Crippen molar-refractivity contribution in [1.29, 1.82) is 0 Å². The Morgan fingerprint density at radius 1 is 1.26 bits per heavy atom. The topological polar surface area (TPSA) is 80.4 Å². The Bertz CT molecular complexity index is 424. The lowest BCUT2D eigenvalue weighted by atomic mass is 9.60. The molecule has 3 N–H and O–H groups in total. The summed E-state index contributed by atoms with van der Waals surface area (Å²) < 4.78 is 23.4. The molecular formula is C14H27NO3S. The van der Waals surface area contributed by atoms with Crippen molar-refractivity contribution in [1.82, 2.24) is 0 Å². The molecule has 2 rings (SSSR count). The summed E-state index contributed by atoms with van der Waals surface area (Å²) in [6, 6.07) is 0. The molecule has 1 aliphatic heterocycles. The zero-order valence-corrected chi connectivity index (χ0v) is 12.9. The maximum Gasteiger partial charge on any atom is 0.153 e. The average Bonchev–Trinajstić information content (AvgIpc) is 2.65. The Morgan fingerprint density at radius 3 is 2.21 bits per heavy atom. The van der Waals surface area contributed by atoms with Crippen molar-refractivity contribution in [2.45, 2.75) is 51.6 Å². The van der Waals surface area contributed by atoms with Crippen LogP contribution in [0.15, 0.2) is 0 Å². The first-order valence-corrected chi connectivity index (χ1v) is 9.19. The van der Waals surface area contributed by atoms with Crippen LogP contribution in [0.2, 0.25) is 0 Å². The van der Waals surface area contributed by atoms with E-state index in [-0.39, 0.29) is 16.9 Å². The lowest BCUT2D eigenvalue weighted by Crippen LogP contribution is -2.55. The molecule has 0 amide bonds. The zero-order valence-electron chi connectivity index (χ0n) is 12.1. The minimum absolute atomic E-state index is 0.0937. The molecule has 4 nitrogen and oxygen atoms in total. The van der Waals surface area contributed by atoms with E-state index in [1.54, 1.807) is 0 Å². The highest BCUT2D eigenvalue weighted by molar-refractivity contribution is 7.91. The summed E-state index contributed by atoms with van der Waals surface area (Å²) in [5, 5.41) is 10.9. The molecule has 5 heteroatoms. The van der Waals surface area contributed by atoms with Crippen molar-refractivity contribution in [3.63, 3.8) is 0 Å². The van der Waals surface area contributed by atoms with Crippen molar-refractivity contribution in [2.75, 3.05) is 18.1 Å². The number of hydrogen-bond donors (Lipinski definition) is 2. The highest BCUT2D eigenvalue weighted by atomic mass is 32.2. The molecule has 19 heavy (non-hydrogen) atoms. The van der Waals surface area contributed by atoms with Crippen LogP contribution in [0.25, 0.3) is 0 Å². The van der Waals surface area contributed by atoms with Gasteiger partial charge in [-0.05, 0) is 43.9 Å². The Kier molecular flexibility index (Phi) is 4.02. The predicted octanol–water partition coefficient (Wildman–Crippen LogP) is 1.33. The summed E-state index contributed by atoms with van der Waals surface area (Å²) in [5.74, 6) is 1.35. The summed E-state index contributed by atoms with van der Waals surface area (Å²) in [7, 11) is -3.09. The fourth-order valence-electron chi connectivity index (χ4n) is 3.97. The molecule has 0 spiro atoms. The van der Waals surface area contributed by atoms with Crippen LogP contribution in [0.3, 0.4) is 0 Å². The molecule has 1 aliphatic carbocycles. The third kappa shape index (κ3) is 2.69. The first-order valence-electron chi connectivity index (χ1n) is 7.36. The maximum atomic E-state index is 11.7. The van der Waals surface area contributed by atoms with Crippen LogP contribution in [0.1, 0.15) is 46.0 Å². The molecule has 2 aliphatic rings. The summed E-state index contributed by atoms with van der Waals surface area (Å²) in [4.78, 5) is 0. The first-order chi connectivity index (χ1) is 8.74. The molecule has 0 radical (unpaired) electrons. The average molecular weight is 289 g/mol. The largest absolute Gasteiger partial charge is 0.388 e. The second-order valence-electron chi connectivity index (χ2n) is 6.94. The number of rotatable bonds is 3. The highest BCUT2D eigenvalue weighted by Crippen LogP contribution is 2.51. The van der Waals surface area contributed by atoms with E-state index in [1.165, 1.54) is 0 Å². The number of hydrogen-bond acceptors (Lipinski definition) is 4. The van der Waals surface area contributed by atoms with Crippen LogP contribution in [0.4, 0.5) is 0 Å². The number of aliphatic hydroxyl groups is 1. The quantitative estimate of drug-likeness (QED) is 0.821. The lowest BCUT2D eigenvalue weighted by molar-refractivity contribution is -0.0883. The maximum absolute atomic E-state index is 11.7. The Hall–Kier alpha value is -0.130. The Morgan fingerprint density at radius 2 is 1.84 bits per heavy atom. The molecule has 0 aromatic rings. The van der Waals surface area contributed by atoms with Gasteiger partial charge in [0.15, 0.2) is 9.84 Å². The van der Waals surface area contributed by atoms with Gasteiger partial charge < -0.3 is 10.8 Å². The predicted molar refractivity (Wildman–Crippen MR) is 76.5 cm³/mol. The first kappa shape index (κ1) is 15.3. The lowest BCUT2D eigenvalue weighted by Gasteiger charge is -2.49. The van der Waals surface area contributed by atoms with E-state index >= 15 is 0 Å². The van der Waals surface area contributed by atoms with Crippen LogP contribution in [0.5, 0.6) is 0 Å². The summed E-state index contributed by atoms with van der Waals surface area (Å²) in [5.41, 5.74) is 4.48. The van der Waals surface area contributed by atoms with Gasteiger partial charge in [-0.1, -0.05) is 13.8 Å². The minimum atomic E-state index is -3.09. The molecule has 1 unspecified atom stereocenters. The van der Waals surface area contributed by atoms with Gasteiger partial charge in [-0.15, -0.1) is 0 Å². The van der Waals surface area contributed by atoms with Gasteiger partial charge in [-0.3, -0.25) is 0 Å². The van der Waals surface area contributed by atoms with E-state index in [1.807, 2.05) is 0 Å². The second kappa shape index (κ2) is 5.01. The van der Waals surface area contributed by atoms with Crippen molar-refractivity contribution < 1.29 is 13.5 Å². The fourth-order valence-corrected chi connectivity index (χ4v) is 5.94.